The molecule has 154 valence electrons. The number of hydrogen-bond donors (Lipinski definition) is 1. The fourth-order valence-electron chi connectivity index (χ4n) is 2.38. The third-order valence-corrected chi connectivity index (χ3v) is 6.52. The second kappa shape index (κ2) is 11.5. The van der Waals surface area contributed by atoms with E-state index in [4.69, 9.17) is 61.7 Å². The fraction of sp³-hybridized carbons (Fsp3) is 0.167. The average Bonchev–Trinajstić information content (AvgIpc) is 3.19. The third kappa shape index (κ3) is 7.60. The molecule has 0 saturated carbocycles. The highest BCUT2D eigenvalue weighted by atomic mass is 35.5. The van der Waals surface area contributed by atoms with E-state index in [1.165, 1.54) is 0 Å². The Kier molecular flexibility index (Phi) is 9.39. The first-order valence-corrected chi connectivity index (χ1v) is 10.7. The summed E-state index contributed by atoms with van der Waals surface area (Å²) in [5, 5.41) is 15.6. The minimum Gasteiger partial charge on any atom is -0.328 e. The van der Waals surface area contributed by atoms with Crippen molar-refractivity contribution in [3.8, 4) is 0 Å². The van der Waals surface area contributed by atoms with E-state index < -0.39 is 5.09 Å². The van der Waals surface area contributed by atoms with Crippen molar-refractivity contribution in [2.45, 2.75) is 16.5 Å². The van der Waals surface area contributed by atoms with Crippen molar-refractivity contribution in [1.29, 1.82) is 0 Å². The van der Waals surface area contributed by atoms with Gasteiger partial charge in [0.2, 0.25) is 0 Å². The van der Waals surface area contributed by atoms with E-state index in [0.717, 1.165) is 11.1 Å². The zero-order valence-electron chi connectivity index (χ0n) is 14.7. The van der Waals surface area contributed by atoms with E-state index in [2.05, 4.69) is 4.98 Å². The molecule has 0 saturated heterocycles. The molecule has 1 aromatic heterocycles. The Morgan fingerprint density at radius 2 is 1.76 bits per heavy atom. The molecule has 0 fully saturated rings. The van der Waals surface area contributed by atoms with Crippen molar-refractivity contribution in [2.24, 2.45) is 0 Å². The van der Waals surface area contributed by atoms with E-state index in [0.29, 0.717) is 20.8 Å². The number of benzene rings is 2. The number of alkyl halides is 1. The molecule has 1 N–H and O–H groups in total. The van der Waals surface area contributed by atoms with Gasteiger partial charge in [-0.15, -0.1) is 21.9 Å². The summed E-state index contributed by atoms with van der Waals surface area (Å²) in [5.74, 6) is 0.710. The number of imidazole rings is 1. The number of halogens is 4. The first-order chi connectivity index (χ1) is 13.8. The van der Waals surface area contributed by atoms with Gasteiger partial charge in [-0.3, -0.25) is 0 Å². The molecule has 11 heteroatoms. The van der Waals surface area contributed by atoms with Gasteiger partial charge in [-0.05, 0) is 35.4 Å². The lowest BCUT2D eigenvalue weighted by Gasteiger charge is -2.23. The van der Waals surface area contributed by atoms with Gasteiger partial charge in [0.05, 0.1) is 11.6 Å². The van der Waals surface area contributed by atoms with Gasteiger partial charge in [-0.25, -0.2) is 4.98 Å². The molecule has 1 heterocycles. The fourth-order valence-corrected chi connectivity index (χ4v) is 4.80. The molecular weight excluding hydrogens is 480 g/mol. The Labute approximate surface area is 191 Å². The Hall–Kier alpha value is -1.64. The maximum atomic E-state index is 8.36. The highest BCUT2D eigenvalue weighted by Gasteiger charge is 2.23. The van der Waals surface area contributed by atoms with Crippen LogP contribution >= 0.6 is 58.2 Å². The van der Waals surface area contributed by atoms with Crippen LogP contribution in [-0.4, -0.2) is 19.8 Å². The molecule has 29 heavy (non-hydrogen) atoms. The topological polar surface area (TPSA) is 81.2 Å². The number of aromatic nitrogens is 2. The highest BCUT2D eigenvalue weighted by Crippen LogP contribution is 2.43. The Balaban J connectivity index is 0.000000687. The van der Waals surface area contributed by atoms with Gasteiger partial charge in [0.15, 0.2) is 0 Å². The molecule has 0 aliphatic rings. The van der Waals surface area contributed by atoms with Crippen LogP contribution in [0.5, 0.6) is 0 Å². The van der Waals surface area contributed by atoms with Crippen LogP contribution in [0, 0.1) is 10.1 Å². The molecule has 2 unspecified atom stereocenters. The van der Waals surface area contributed by atoms with Gasteiger partial charge < -0.3 is 9.77 Å². The highest BCUT2D eigenvalue weighted by molar-refractivity contribution is 7.98. The van der Waals surface area contributed by atoms with Crippen LogP contribution in [0.1, 0.15) is 21.9 Å². The summed E-state index contributed by atoms with van der Waals surface area (Å²) in [7, 11) is 0. The van der Waals surface area contributed by atoms with Crippen LogP contribution in [0.15, 0.2) is 61.2 Å². The first kappa shape index (κ1) is 23.6. The van der Waals surface area contributed by atoms with E-state index in [9.17, 15) is 0 Å². The van der Waals surface area contributed by atoms with E-state index >= 15 is 0 Å². The Morgan fingerprint density at radius 3 is 2.31 bits per heavy atom. The monoisotopic (exact) mass is 493 g/mol. The maximum Gasteiger partial charge on any atom is 0.291 e. The summed E-state index contributed by atoms with van der Waals surface area (Å²) in [4.78, 5) is 12.4. The van der Waals surface area contributed by atoms with Crippen LogP contribution in [0.4, 0.5) is 0 Å². The molecular formula is C18H15Cl4N3O3S. The van der Waals surface area contributed by atoms with Crippen LogP contribution in [0.3, 0.4) is 0 Å². The van der Waals surface area contributed by atoms with Crippen LogP contribution in [0.25, 0.3) is 0 Å². The number of hydrogen-bond acceptors (Lipinski definition) is 4. The van der Waals surface area contributed by atoms with Gasteiger partial charge in [-0.1, -0.05) is 64.6 Å². The largest absolute Gasteiger partial charge is 0.328 e. The average molecular weight is 495 g/mol. The summed E-state index contributed by atoms with van der Waals surface area (Å²) in [6, 6.07) is 13.3. The van der Waals surface area contributed by atoms with Crippen molar-refractivity contribution in [3.63, 3.8) is 0 Å². The molecule has 2 atom stereocenters. The van der Waals surface area contributed by atoms with E-state index in [1.54, 1.807) is 30.4 Å². The van der Waals surface area contributed by atoms with E-state index in [-0.39, 0.29) is 10.8 Å². The zero-order chi connectivity index (χ0) is 21.4. The van der Waals surface area contributed by atoms with Crippen molar-refractivity contribution >= 4 is 58.2 Å². The molecule has 6 nitrogen and oxygen atoms in total. The van der Waals surface area contributed by atoms with Crippen molar-refractivity contribution in [2.75, 3.05) is 0 Å². The number of nitrogens with zero attached hydrogens (tertiary/aromatic N) is 3. The molecule has 0 spiro atoms. The maximum absolute atomic E-state index is 8.36. The van der Waals surface area contributed by atoms with Crippen LogP contribution in [0.2, 0.25) is 15.1 Å². The van der Waals surface area contributed by atoms with Gasteiger partial charge in [0, 0.05) is 33.2 Å². The zero-order valence-corrected chi connectivity index (χ0v) is 18.5. The predicted octanol–water partition coefficient (Wildman–Crippen LogP) is 6.91. The second-order valence-corrected chi connectivity index (χ2v) is 8.50. The minimum absolute atomic E-state index is 0.000113. The lowest BCUT2D eigenvalue weighted by Crippen LogP contribution is -2.09. The van der Waals surface area contributed by atoms with Crippen molar-refractivity contribution < 1.29 is 10.3 Å². The Bertz CT molecular complexity index is 923. The molecule has 0 bridgehead atoms. The summed E-state index contributed by atoms with van der Waals surface area (Å²) in [6.45, 7) is 0. The molecule has 0 aliphatic carbocycles. The van der Waals surface area contributed by atoms with Gasteiger partial charge in [0.25, 0.3) is 5.09 Å². The molecule has 0 amide bonds. The molecule has 3 aromatic rings. The van der Waals surface area contributed by atoms with Gasteiger partial charge in [-0.2, -0.15) is 0 Å². The van der Waals surface area contributed by atoms with Crippen molar-refractivity contribution in [3.05, 3.63) is 97.5 Å². The molecule has 0 radical (unpaired) electrons. The molecule has 0 aliphatic heterocycles. The summed E-state index contributed by atoms with van der Waals surface area (Å²) in [6.07, 6.45) is 5.29. The smallest absolute Gasteiger partial charge is 0.291 e. The van der Waals surface area contributed by atoms with Crippen LogP contribution < -0.4 is 0 Å². The quantitative estimate of drug-likeness (QED) is 0.229. The minimum atomic E-state index is -1.50. The SMILES string of the molecule is Clc1ccc(C(SCc2ccc(Cl)cc2Cl)C(Cl)n2ccnc2)cc1.O=[N+]([O-])O. The summed E-state index contributed by atoms with van der Waals surface area (Å²) < 4.78 is 1.89. The summed E-state index contributed by atoms with van der Waals surface area (Å²) in [5.41, 5.74) is 1.82. The van der Waals surface area contributed by atoms with Crippen molar-refractivity contribution in [1.82, 2.24) is 9.55 Å². The normalized spacial score (nSPS) is 12.6. The van der Waals surface area contributed by atoms with Gasteiger partial charge >= 0.3 is 0 Å². The lowest BCUT2D eigenvalue weighted by atomic mass is 10.1. The first-order valence-electron chi connectivity index (χ1n) is 8.03. The summed E-state index contributed by atoms with van der Waals surface area (Å²) >= 11 is 26.7. The van der Waals surface area contributed by atoms with Crippen LogP contribution in [-0.2, 0) is 5.75 Å². The molecule has 3 rings (SSSR count). The number of rotatable bonds is 6. The second-order valence-electron chi connectivity index (χ2n) is 5.64. The van der Waals surface area contributed by atoms with Gasteiger partial charge in [0.1, 0.15) is 5.50 Å². The standard InChI is InChI=1S/C18H14Cl4N2S.HNO3/c19-14-4-1-12(2-5-14)17(18(22)24-8-7-23-11-24)25-10-13-3-6-15(20)9-16(13)21;2-1(3)4/h1-9,11,17-18H,10H2;(H,2,3,4). The lowest BCUT2D eigenvalue weighted by molar-refractivity contribution is -0.742. The number of thioether (sulfide) groups is 1. The predicted molar refractivity (Wildman–Crippen MR) is 118 cm³/mol. The third-order valence-electron chi connectivity index (χ3n) is 3.69. The Morgan fingerprint density at radius 1 is 1.14 bits per heavy atom. The van der Waals surface area contributed by atoms with E-state index in [1.807, 2.05) is 47.2 Å². The molecule has 2 aromatic carbocycles.